The van der Waals surface area contributed by atoms with E-state index in [2.05, 4.69) is 24.1 Å². The van der Waals surface area contributed by atoms with Crippen molar-refractivity contribution in [2.45, 2.75) is 46.1 Å². The minimum Gasteiger partial charge on any atom is -0.371 e. The molecule has 1 saturated carbocycles. The smallest absolute Gasteiger partial charge is 0.126 e. The molecule has 0 bridgehead atoms. The van der Waals surface area contributed by atoms with Crippen LogP contribution < -0.4 is 10.2 Å². The Labute approximate surface area is 122 Å². The first-order valence-electron chi connectivity index (χ1n) is 7.79. The topological polar surface area (TPSA) is 15.3 Å². The van der Waals surface area contributed by atoms with E-state index < -0.39 is 0 Å². The number of nitrogens with zero attached hydrogens (tertiary/aromatic N) is 1. The van der Waals surface area contributed by atoms with Crippen LogP contribution in [0.2, 0.25) is 0 Å². The Kier molecular flexibility index (Phi) is 5.03. The first kappa shape index (κ1) is 15.3. The molecule has 20 heavy (non-hydrogen) atoms. The van der Waals surface area contributed by atoms with Crippen LogP contribution in [0.25, 0.3) is 0 Å². The molecule has 3 heteroatoms. The summed E-state index contributed by atoms with van der Waals surface area (Å²) in [7, 11) is 1.93. The molecule has 112 valence electrons. The third kappa shape index (κ3) is 3.51. The van der Waals surface area contributed by atoms with Gasteiger partial charge in [-0.2, -0.15) is 0 Å². The Hall–Kier alpha value is -1.09. The summed E-state index contributed by atoms with van der Waals surface area (Å²) in [4.78, 5) is 2.45. The molecule has 0 heterocycles. The highest BCUT2D eigenvalue weighted by Gasteiger charge is 2.26. The zero-order valence-corrected chi connectivity index (χ0v) is 13.2. The van der Waals surface area contributed by atoms with Crippen LogP contribution in [0.4, 0.5) is 10.1 Å². The van der Waals surface area contributed by atoms with Gasteiger partial charge >= 0.3 is 0 Å². The van der Waals surface area contributed by atoms with E-state index in [1.807, 2.05) is 20.0 Å². The van der Waals surface area contributed by atoms with E-state index in [1.54, 1.807) is 6.07 Å². The maximum Gasteiger partial charge on any atom is 0.126 e. The fourth-order valence-corrected chi connectivity index (χ4v) is 2.65. The Morgan fingerprint density at radius 2 is 2.10 bits per heavy atom. The number of halogens is 1. The van der Waals surface area contributed by atoms with Crippen molar-refractivity contribution in [3.63, 3.8) is 0 Å². The normalized spacial score (nSPS) is 16.2. The van der Waals surface area contributed by atoms with E-state index in [0.29, 0.717) is 0 Å². The van der Waals surface area contributed by atoms with Crippen molar-refractivity contribution in [1.29, 1.82) is 0 Å². The first-order valence-corrected chi connectivity index (χ1v) is 7.79. The molecule has 1 aliphatic rings. The summed E-state index contributed by atoms with van der Waals surface area (Å²) in [6.07, 6.45) is 3.81. The Bertz CT molecular complexity index is 455. The third-order valence-corrected chi connectivity index (χ3v) is 4.22. The van der Waals surface area contributed by atoms with Crippen molar-refractivity contribution in [2.24, 2.45) is 5.92 Å². The molecule has 1 fully saturated rings. The minimum atomic E-state index is -0.103. The van der Waals surface area contributed by atoms with E-state index in [4.69, 9.17) is 0 Å². The predicted molar refractivity (Wildman–Crippen MR) is 83.8 cm³/mol. The van der Waals surface area contributed by atoms with Gasteiger partial charge < -0.3 is 10.2 Å². The van der Waals surface area contributed by atoms with Gasteiger partial charge in [0.1, 0.15) is 5.82 Å². The number of hydrogen-bond acceptors (Lipinski definition) is 2. The predicted octanol–water partition coefficient (Wildman–Crippen LogP) is 4.04. The second-order valence-electron chi connectivity index (χ2n) is 6.06. The summed E-state index contributed by atoms with van der Waals surface area (Å²) in [5.74, 6) is 0.735. The molecule has 1 N–H and O–H groups in total. The van der Waals surface area contributed by atoms with E-state index in [9.17, 15) is 4.39 Å². The fraction of sp³-hybridized carbons (Fsp3) is 0.647. The molecule has 0 saturated heterocycles. The Morgan fingerprint density at radius 3 is 2.65 bits per heavy atom. The van der Waals surface area contributed by atoms with E-state index in [1.165, 1.54) is 18.5 Å². The molecule has 0 aliphatic heterocycles. The average molecular weight is 278 g/mol. The SMILES string of the molecule is CCCN(CC1CC1)c1cc(C)c(F)cc1C(C)NC. The highest BCUT2D eigenvalue weighted by atomic mass is 19.1. The Balaban J connectivity index is 2.36. The van der Waals surface area contributed by atoms with Crippen molar-refractivity contribution in [2.75, 3.05) is 25.0 Å². The van der Waals surface area contributed by atoms with Crippen molar-refractivity contribution < 1.29 is 4.39 Å². The zero-order chi connectivity index (χ0) is 14.7. The number of anilines is 1. The maximum atomic E-state index is 13.9. The summed E-state index contributed by atoms with van der Waals surface area (Å²) in [6, 6.07) is 3.90. The van der Waals surface area contributed by atoms with E-state index in [0.717, 1.165) is 36.6 Å². The van der Waals surface area contributed by atoms with Gasteiger partial charge in [-0.3, -0.25) is 0 Å². The summed E-state index contributed by atoms with van der Waals surface area (Å²) >= 11 is 0. The molecule has 1 unspecified atom stereocenters. The molecule has 2 rings (SSSR count). The van der Waals surface area contributed by atoms with Crippen molar-refractivity contribution in [3.05, 3.63) is 29.1 Å². The highest BCUT2D eigenvalue weighted by Crippen LogP contribution is 2.35. The number of hydrogen-bond donors (Lipinski definition) is 1. The molecule has 0 radical (unpaired) electrons. The first-order chi connectivity index (χ1) is 9.56. The zero-order valence-electron chi connectivity index (χ0n) is 13.2. The molecule has 0 aromatic heterocycles. The lowest BCUT2D eigenvalue weighted by atomic mass is 10.0. The van der Waals surface area contributed by atoms with Crippen molar-refractivity contribution in [3.8, 4) is 0 Å². The Morgan fingerprint density at radius 1 is 1.40 bits per heavy atom. The fourth-order valence-electron chi connectivity index (χ4n) is 2.65. The number of benzene rings is 1. The number of rotatable bonds is 7. The third-order valence-electron chi connectivity index (χ3n) is 4.22. The number of aryl methyl sites for hydroxylation is 1. The van der Waals surface area contributed by atoms with Gasteiger partial charge in [-0.15, -0.1) is 0 Å². The molecular weight excluding hydrogens is 251 g/mol. The van der Waals surface area contributed by atoms with Crippen LogP contribution in [-0.2, 0) is 0 Å². The summed E-state index contributed by atoms with van der Waals surface area (Å²) in [5, 5.41) is 3.24. The van der Waals surface area contributed by atoms with Crippen LogP contribution >= 0.6 is 0 Å². The van der Waals surface area contributed by atoms with Gasteiger partial charge in [0.05, 0.1) is 0 Å². The maximum absolute atomic E-state index is 13.9. The second kappa shape index (κ2) is 6.57. The molecular formula is C17H27FN2. The van der Waals surface area contributed by atoms with Gasteiger partial charge in [-0.1, -0.05) is 6.92 Å². The van der Waals surface area contributed by atoms with Gasteiger partial charge in [0.25, 0.3) is 0 Å². The van der Waals surface area contributed by atoms with Crippen LogP contribution in [0, 0.1) is 18.7 Å². The van der Waals surface area contributed by atoms with Gasteiger partial charge in [-0.25, -0.2) is 4.39 Å². The molecule has 0 spiro atoms. The standard InChI is InChI=1S/C17H27FN2/c1-5-8-20(11-14-6-7-14)17-9-12(2)16(18)10-15(17)13(3)19-4/h9-10,13-14,19H,5-8,11H2,1-4H3. The molecule has 0 amide bonds. The minimum absolute atomic E-state index is 0.103. The van der Waals surface area contributed by atoms with E-state index >= 15 is 0 Å². The highest BCUT2D eigenvalue weighted by molar-refractivity contribution is 5.57. The molecule has 1 atom stereocenters. The van der Waals surface area contributed by atoms with E-state index in [-0.39, 0.29) is 11.9 Å². The summed E-state index contributed by atoms with van der Waals surface area (Å²) < 4.78 is 13.9. The molecule has 1 aromatic rings. The molecule has 1 aromatic carbocycles. The second-order valence-corrected chi connectivity index (χ2v) is 6.06. The van der Waals surface area contributed by atoms with Crippen LogP contribution in [0.5, 0.6) is 0 Å². The molecule has 2 nitrogen and oxygen atoms in total. The van der Waals surface area contributed by atoms with Crippen LogP contribution in [-0.4, -0.2) is 20.1 Å². The largest absolute Gasteiger partial charge is 0.371 e. The van der Waals surface area contributed by atoms with Crippen molar-refractivity contribution in [1.82, 2.24) is 5.32 Å². The van der Waals surface area contributed by atoms with Crippen LogP contribution in [0.1, 0.15) is 50.3 Å². The lowest BCUT2D eigenvalue weighted by Crippen LogP contribution is -2.29. The van der Waals surface area contributed by atoms with Gasteiger partial charge in [0.2, 0.25) is 0 Å². The summed E-state index contributed by atoms with van der Waals surface area (Å²) in [5.41, 5.74) is 3.02. The van der Waals surface area contributed by atoms with Gasteiger partial charge in [-0.05, 0) is 69.3 Å². The lowest BCUT2D eigenvalue weighted by molar-refractivity contribution is 0.597. The average Bonchev–Trinajstić information content (AvgIpc) is 3.24. The quantitative estimate of drug-likeness (QED) is 0.809. The van der Waals surface area contributed by atoms with Crippen LogP contribution in [0.3, 0.4) is 0 Å². The van der Waals surface area contributed by atoms with Crippen LogP contribution in [0.15, 0.2) is 12.1 Å². The number of nitrogens with one attached hydrogen (secondary N) is 1. The monoisotopic (exact) mass is 278 g/mol. The molecule has 1 aliphatic carbocycles. The lowest BCUT2D eigenvalue weighted by Gasteiger charge is -2.29. The van der Waals surface area contributed by atoms with Gasteiger partial charge in [0, 0.05) is 24.8 Å². The van der Waals surface area contributed by atoms with Gasteiger partial charge in [0.15, 0.2) is 0 Å². The summed E-state index contributed by atoms with van der Waals surface area (Å²) in [6.45, 7) is 8.31. The van der Waals surface area contributed by atoms with Crippen molar-refractivity contribution >= 4 is 5.69 Å².